The number of hydrogen-bond acceptors (Lipinski definition) is 3. The Balaban J connectivity index is 0.000000184. The Hall–Kier alpha value is -2.20. The van der Waals surface area contributed by atoms with E-state index in [4.69, 9.17) is 26.9 Å². The van der Waals surface area contributed by atoms with Gasteiger partial charge in [-0.15, -0.1) is 0 Å². The van der Waals surface area contributed by atoms with Crippen LogP contribution >= 0.6 is 11.6 Å². The minimum atomic E-state index is -1.11. The maximum Gasteiger partial charge on any atom is 0.339 e. The first-order chi connectivity index (χ1) is 8.50. The first kappa shape index (κ1) is 13.9. The molecule has 18 heavy (non-hydrogen) atoms. The lowest BCUT2D eigenvalue weighted by molar-refractivity contribution is 0.0693. The fourth-order valence-corrected chi connectivity index (χ4v) is 1.22. The second-order valence-electron chi connectivity index (χ2n) is 3.30. The number of para-hydroxylation sites is 1. The zero-order valence-corrected chi connectivity index (χ0v) is 10.0. The van der Waals surface area contributed by atoms with Gasteiger partial charge in [-0.1, -0.05) is 23.7 Å². The number of rotatable bonds is 1. The molecule has 2 aromatic carbocycles. The summed E-state index contributed by atoms with van der Waals surface area (Å²) < 4.78 is 0. The Labute approximate surface area is 109 Å². The van der Waals surface area contributed by atoms with Crippen LogP contribution in [0.5, 0.6) is 11.5 Å². The topological polar surface area (TPSA) is 77.8 Å². The average molecular weight is 267 g/mol. The van der Waals surface area contributed by atoms with E-state index in [-0.39, 0.29) is 17.1 Å². The van der Waals surface area contributed by atoms with E-state index in [0.717, 1.165) is 0 Å². The summed E-state index contributed by atoms with van der Waals surface area (Å²) in [5, 5.41) is 26.6. The quantitative estimate of drug-likeness (QED) is 0.741. The summed E-state index contributed by atoms with van der Waals surface area (Å²) in [6.45, 7) is 0. The number of aromatic carboxylic acids is 1. The van der Waals surface area contributed by atoms with Gasteiger partial charge < -0.3 is 15.3 Å². The summed E-state index contributed by atoms with van der Waals surface area (Å²) in [7, 11) is 0. The van der Waals surface area contributed by atoms with E-state index in [1.54, 1.807) is 36.4 Å². The molecule has 4 nitrogen and oxygen atoms in total. The van der Waals surface area contributed by atoms with Crippen molar-refractivity contribution in [2.75, 3.05) is 0 Å². The van der Waals surface area contributed by atoms with E-state index in [0.29, 0.717) is 5.02 Å². The van der Waals surface area contributed by atoms with Crippen LogP contribution in [0.4, 0.5) is 0 Å². The van der Waals surface area contributed by atoms with Crippen molar-refractivity contribution in [1.82, 2.24) is 0 Å². The second kappa shape index (κ2) is 6.51. The van der Waals surface area contributed by atoms with Gasteiger partial charge in [-0.05, 0) is 36.4 Å². The Morgan fingerprint density at radius 2 is 1.50 bits per heavy atom. The molecule has 0 aromatic heterocycles. The predicted octanol–water partition coefficient (Wildman–Crippen LogP) is 3.14. The molecule has 0 bridgehead atoms. The number of aromatic hydroxyl groups is 2. The van der Waals surface area contributed by atoms with Crippen LogP contribution in [0.1, 0.15) is 10.4 Å². The van der Waals surface area contributed by atoms with Crippen molar-refractivity contribution < 1.29 is 20.1 Å². The molecule has 2 aromatic rings. The molecule has 5 heteroatoms. The van der Waals surface area contributed by atoms with Gasteiger partial charge >= 0.3 is 5.97 Å². The highest BCUT2D eigenvalue weighted by Gasteiger charge is 2.05. The van der Waals surface area contributed by atoms with Crippen LogP contribution < -0.4 is 0 Å². The lowest BCUT2D eigenvalue weighted by Gasteiger charge is -1.95. The molecule has 0 fully saturated rings. The Bertz CT molecular complexity index is 502. The fraction of sp³-hybridized carbons (Fsp3) is 0. The molecule has 0 amide bonds. The van der Waals surface area contributed by atoms with Crippen LogP contribution in [0.2, 0.25) is 5.02 Å². The van der Waals surface area contributed by atoms with Crippen molar-refractivity contribution in [2.45, 2.75) is 0 Å². The normalized spacial score (nSPS) is 9.17. The smallest absolute Gasteiger partial charge is 0.339 e. The zero-order valence-electron chi connectivity index (χ0n) is 9.25. The minimum Gasteiger partial charge on any atom is -0.508 e. The molecule has 0 unspecified atom stereocenters. The van der Waals surface area contributed by atoms with E-state index < -0.39 is 5.97 Å². The zero-order chi connectivity index (χ0) is 13.5. The van der Waals surface area contributed by atoms with Crippen molar-refractivity contribution in [3.8, 4) is 11.5 Å². The van der Waals surface area contributed by atoms with Crippen molar-refractivity contribution in [1.29, 1.82) is 0 Å². The highest BCUT2D eigenvalue weighted by molar-refractivity contribution is 6.30. The third-order valence-corrected chi connectivity index (χ3v) is 2.21. The van der Waals surface area contributed by atoms with Crippen LogP contribution in [0.15, 0.2) is 48.5 Å². The second-order valence-corrected chi connectivity index (χ2v) is 3.74. The molecule has 0 spiro atoms. The number of carbonyl (C=O) groups is 1. The maximum atomic E-state index is 10.3. The molecule has 0 radical (unpaired) electrons. The van der Waals surface area contributed by atoms with Crippen LogP contribution in [-0.4, -0.2) is 21.3 Å². The lowest BCUT2D eigenvalue weighted by Crippen LogP contribution is -1.95. The maximum absolute atomic E-state index is 10.3. The van der Waals surface area contributed by atoms with E-state index >= 15 is 0 Å². The molecule has 0 saturated carbocycles. The van der Waals surface area contributed by atoms with Gasteiger partial charge in [0.05, 0.1) is 0 Å². The summed E-state index contributed by atoms with van der Waals surface area (Å²) in [4.78, 5) is 10.3. The van der Waals surface area contributed by atoms with Crippen LogP contribution in [0.25, 0.3) is 0 Å². The molecule has 3 N–H and O–H groups in total. The summed E-state index contributed by atoms with van der Waals surface area (Å²) in [6.07, 6.45) is 0. The first-order valence-electron chi connectivity index (χ1n) is 4.96. The Kier molecular flexibility index (Phi) is 5.02. The molecule has 0 saturated heterocycles. The van der Waals surface area contributed by atoms with E-state index in [2.05, 4.69) is 0 Å². The highest BCUT2D eigenvalue weighted by Crippen LogP contribution is 2.14. The van der Waals surface area contributed by atoms with Gasteiger partial charge in [0.1, 0.15) is 17.1 Å². The van der Waals surface area contributed by atoms with Crippen LogP contribution in [0, 0.1) is 0 Å². The number of carboxylic acid groups (broad SMARTS) is 1. The van der Waals surface area contributed by atoms with E-state index in [9.17, 15) is 4.79 Å². The van der Waals surface area contributed by atoms with Gasteiger partial charge in [0.15, 0.2) is 0 Å². The summed E-state index contributed by atoms with van der Waals surface area (Å²) in [6, 6.07) is 12.2. The molecule has 0 heterocycles. The molecule has 0 atom stereocenters. The summed E-state index contributed by atoms with van der Waals surface area (Å²) in [5.74, 6) is -1.07. The molecule has 0 aliphatic rings. The number of halogens is 1. The lowest BCUT2D eigenvalue weighted by atomic mass is 10.2. The number of phenolic OH excluding ortho intramolecular Hbond substituents is 1. The highest BCUT2D eigenvalue weighted by atomic mass is 35.5. The SMILES string of the molecule is O=C(O)c1ccccc1O.Oc1ccc(Cl)cc1. The van der Waals surface area contributed by atoms with Gasteiger partial charge in [-0.2, -0.15) is 0 Å². The van der Waals surface area contributed by atoms with Crippen LogP contribution in [-0.2, 0) is 0 Å². The molecule has 0 aliphatic heterocycles. The number of carboxylic acids is 1. The van der Waals surface area contributed by atoms with E-state index in [1.165, 1.54) is 12.1 Å². The number of benzene rings is 2. The molecule has 0 aliphatic carbocycles. The van der Waals surface area contributed by atoms with Gasteiger partial charge in [0.25, 0.3) is 0 Å². The third-order valence-electron chi connectivity index (χ3n) is 1.96. The van der Waals surface area contributed by atoms with Crippen LogP contribution in [0.3, 0.4) is 0 Å². The molecule has 94 valence electrons. The van der Waals surface area contributed by atoms with Crippen molar-refractivity contribution in [3.63, 3.8) is 0 Å². The Morgan fingerprint density at radius 1 is 0.944 bits per heavy atom. The molecule has 2 rings (SSSR count). The monoisotopic (exact) mass is 266 g/mol. The predicted molar refractivity (Wildman–Crippen MR) is 68.2 cm³/mol. The number of hydrogen-bond donors (Lipinski definition) is 3. The third kappa shape index (κ3) is 4.35. The van der Waals surface area contributed by atoms with Gasteiger partial charge in [-0.3, -0.25) is 0 Å². The summed E-state index contributed by atoms with van der Waals surface area (Å²) in [5.41, 5.74) is -0.0671. The fourth-order valence-electron chi connectivity index (χ4n) is 1.10. The molecular formula is C13H11ClO4. The standard InChI is InChI=1S/C7H6O3.C6H5ClO/c8-6-4-2-1-3-5(6)7(9)10;7-5-1-3-6(8)4-2-5/h1-4,8H,(H,9,10);1-4,8H. The molecular weight excluding hydrogens is 256 g/mol. The van der Waals surface area contributed by atoms with Crippen molar-refractivity contribution >= 4 is 17.6 Å². The minimum absolute atomic E-state index is 0.0671. The van der Waals surface area contributed by atoms with Gasteiger partial charge in [0.2, 0.25) is 0 Å². The Morgan fingerprint density at radius 3 is 1.89 bits per heavy atom. The van der Waals surface area contributed by atoms with Crippen molar-refractivity contribution in [3.05, 3.63) is 59.1 Å². The largest absolute Gasteiger partial charge is 0.508 e. The van der Waals surface area contributed by atoms with E-state index in [1.807, 2.05) is 0 Å². The summed E-state index contributed by atoms with van der Waals surface area (Å²) >= 11 is 5.50. The van der Waals surface area contributed by atoms with Gasteiger partial charge in [0, 0.05) is 5.02 Å². The first-order valence-corrected chi connectivity index (χ1v) is 5.34. The van der Waals surface area contributed by atoms with Crippen molar-refractivity contribution in [2.24, 2.45) is 0 Å². The van der Waals surface area contributed by atoms with Gasteiger partial charge in [-0.25, -0.2) is 4.79 Å². The average Bonchev–Trinajstić information content (AvgIpc) is 2.34. The number of phenols is 2.